The van der Waals surface area contributed by atoms with Crippen molar-refractivity contribution in [3.8, 4) is 0 Å². The van der Waals surface area contributed by atoms with Crippen LogP contribution in [0.15, 0.2) is 0 Å². The third-order valence-corrected chi connectivity index (χ3v) is 10.6. The minimum atomic E-state index is 0.347. The normalized spacial score (nSPS) is 56.2. The molecule has 0 aromatic rings. The number of nitrogens with zero attached hydrogens (tertiary/aromatic N) is 1. The molecule has 27 heavy (non-hydrogen) atoms. The Balaban J connectivity index is 1.44. The zero-order valence-electron chi connectivity index (χ0n) is 18.0. The Labute approximate surface area is 166 Å². The molecule has 5 unspecified atom stereocenters. The van der Waals surface area contributed by atoms with Crippen LogP contribution in [0.4, 0.5) is 0 Å². The Morgan fingerprint density at radius 3 is 2.44 bits per heavy atom. The van der Waals surface area contributed by atoms with Crippen LogP contribution in [0.2, 0.25) is 0 Å². The van der Waals surface area contributed by atoms with Crippen LogP contribution in [-0.4, -0.2) is 48.0 Å². The lowest BCUT2D eigenvalue weighted by Crippen LogP contribution is -2.54. The molecule has 0 amide bonds. The van der Waals surface area contributed by atoms with E-state index in [0.29, 0.717) is 41.6 Å². The van der Waals surface area contributed by atoms with Crippen LogP contribution in [0.25, 0.3) is 0 Å². The maximum absolute atomic E-state index is 10.4. The molecule has 3 heteroatoms. The second-order valence-electron chi connectivity index (χ2n) is 11.2. The molecule has 0 aromatic heterocycles. The second-order valence-corrected chi connectivity index (χ2v) is 11.2. The predicted molar refractivity (Wildman–Crippen MR) is 108 cm³/mol. The molecule has 154 valence electrons. The standard InChI is InChI=1S/C24H41NO2/c1-5-25(6-2)20-12-18-16-8-7-15-11-21-22(27-21)13-24(15,4)17(16)9-10-23(18,3)19(20)14-26/h15-22,26H,5-14H2,1-4H3/t15?,16-,17-,18+,19?,20?,21?,22?,23+,24+/m1/s1. The highest BCUT2D eigenvalue weighted by atomic mass is 16.6. The highest BCUT2D eigenvalue weighted by Crippen LogP contribution is 2.69. The maximum atomic E-state index is 10.4. The summed E-state index contributed by atoms with van der Waals surface area (Å²) in [6.07, 6.45) is 10.8. The van der Waals surface area contributed by atoms with Crippen LogP contribution in [0.5, 0.6) is 0 Å². The molecule has 1 heterocycles. The molecule has 0 bridgehead atoms. The molecule has 5 rings (SSSR count). The van der Waals surface area contributed by atoms with Gasteiger partial charge in [0.05, 0.1) is 12.2 Å². The molecule has 1 N–H and O–H groups in total. The average molecular weight is 376 g/mol. The summed E-state index contributed by atoms with van der Waals surface area (Å²) in [4.78, 5) is 2.65. The first-order valence-corrected chi connectivity index (χ1v) is 12.0. The van der Waals surface area contributed by atoms with Crippen molar-refractivity contribution in [1.29, 1.82) is 0 Å². The number of hydrogen-bond donors (Lipinski definition) is 1. The van der Waals surface area contributed by atoms with Crippen LogP contribution in [0, 0.1) is 40.4 Å². The molecule has 0 spiro atoms. The van der Waals surface area contributed by atoms with E-state index in [2.05, 4.69) is 32.6 Å². The summed E-state index contributed by atoms with van der Waals surface area (Å²) in [7, 11) is 0. The van der Waals surface area contributed by atoms with Crippen LogP contribution >= 0.6 is 0 Å². The molecule has 0 radical (unpaired) electrons. The lowest BCUT2D eigenvalue weighted by molar-refractivity contribution is -0.110. The van der Waals surface area contributed by atoms with Gasteiger partial charge in [-0.05, 0) is 92.5 Å². The van der Waals surface area contributed by atoms with Gasteiger partial charge in [-0.15, -0.1) is 0 Å². The van der Waals surface area contributed by atoms with Crippen molar-refractivity contribution < 1.29 is 9.84 Å². The van der Waals surface area contributed by atoms with Gasteiger partial charge in [-0.3, -0.25) is 0 Å². The zero-order chi connectivity index (χ0) is 19.0. The van der Waals surface area contributed by atoms with Gasteiger partial charge >= 0.3 is 0 Å². The maximum Gasteiger partial charge on any atom is 0.0847 e. The van der Waals surface area contributed by atoms with Crippen molar-refractivity contribution in [2.24, 2.45) is 40.4 Å². The van der Waals surface area contributed by atoms with E-state index in [1.165, 1.54) is 44.9 Å². The number of ether oxygens (including phenoxy) is 1. The van der Waals surface area contributed by atoms with Crippen LogP contribution in [0.3, 0.4) is 0 Å². The first-order chi connectivity index (χ1) is 13.0. The zero-order valence-corrected chi connectivity index (χ0v) is 18.0. The van der Waals surface area contributed by atoms with Crippen molar-refractivity contribution in [2.45, 2.75) is 90.9 Å². The molecular formula is C24H41NO2. The number of rotatable bonds is 4. The number of epoxide rings is 1. The summed E-state index contributed by atoms with van der Waals surface area (Å²) in [6.45, 7) is 12.4. The quantitative estimate of drug-likeness (QED) is 0.743. The van der Waals surface area contributed by atoms with Crippen LogP contribution in [-0.2, 0) is 4.74 Å². The van der Waals surface area contributed by atoms with Gasteiger partial charge in [0.15, 0.2) is 0 Å². The molecule has 4 aliphatic carbocycles. The minimum absolute atomic E-state index is 0.347. The summed E-state index contributed by atoms with van der Waals surface area (Å²) >= 11 is 0. The van der Waals surface area contributed by atoms with E-state index < -0.39 is 0 Å². The summed E-state index contributed by atoms with van der Waals surface area (Å²) < 4.78 is 5.99. The first-order valence-electron chi connectivity index (χ1n) is 12.0. The van der Waals surface area contributed by atoms with Crippen molar-refractivity contribution in [1.82, 2.24) is 4.90 Å². The van der Waals surface area contributed by atoms with Crippen molar-refractivity contribution in [2.75, 3.05) is 19.7 Å². The molecule has 0 aromatic carbocycles. The van der Waals surface area contributed by atoms with Crippen LogP contribution < -0.4 is 0 Å². The third kappa shape index (κ3) is 2.56. The Morgan fingerprint density at radius 1 is 0.963 bits per heavy atom. The van der Waals surface area contributed by atoms with Gasteiger partial charge in [0.1, 0.15) is 0 Å². The fraction of sp³-hybridized carbons (Fsp3) is 1.00. The molecule has 5 fully saturated rings. The molecule has 10 atom stereocenters. The van der Waals surface area contributed by atoms with Gasteiger partial charge < -0.3 is 14.7 Å². The Morgan fingerprint density at radius 2 is 1.74 bits per heavy atom. The monoisotopic (exact) mass is 375 g/mol. The molecule has 1 aliphatic heterocycles. The van der Waals surface area contributed by atoms with Crippen molar-refractivity contribution in [3.63, 3.8) is 0 Å². The summed E-state index contributed by atoms with van der Waals surface area (Å²) in [5.41, 5.74) is 0.865. The number of fused-ring (bicyclic) bond motifs is 6. The van der Waals surface area contributed by atoms with Crippen molar-refractivity contribution >= 4 is 0 Å². The summed E-state index contributed by atoms with van der Waals surface area (Å²) in [6, 6.07) is 0.590. The average Bonchev–Trinajstić information content (AvgIpc) is 3.32. The van der Waals surface area contributed by atoms with Gasteiger partial charge in [0.2, 0.25) is 0 Å². The first kappa shape index (κ1) is 18.9. The summed E-state index contributed by atoms with van der Waals surface area (Å²) in [5, 5.41) is 10.4. The third-order valence-electron chi connectivity index (χ3n) is 10.6. The van der Waals surface area contributed by atoms with E-state index in [1.807, 2.05) is 0 Å². The van der Waals surface area contributed by atoms with E-state index in [-0.39, 0.29) is 0 Å². The summed E-state index contributed by atoms with van der Waals surface area (Å²) in [5.74, 6) is 3.97. The lowest BCUT2D eigenvalue weighted by Gasteiger charge is -2.60. The number of hydrogen-bond acceptors (Lipinski definition) is 3. The molecular weight excluding hydrogens is 334 g/mol. The van der Waals surface area contributed by atoms with E-state index >= 15 is 0 Å². The Hall–Kier alpha value is -0.120. The van der Waals surface area contributed by atoms with Gasteiger partial charge in [0.25, 0.3) is 0 Å². The molecule has 4 saturated carbocycles. The fourth-order valence-corrected chi connectivity index (χ4v) is 9.06. The van der Waals surface area contributed by atoms with E-state index in [1.54, 1.807) is 0 Å². The topological polar surface area (TPSA) is 36.0 Å². The molecule has 1 saturated heterocycles. The lowest BCUT2D eigenvalue weighted by atomic mass is 9.45. The molecule has 5 aliphatic rings. The van der Waals surface area contributed by atoms with Gasteiger partial charge in [0, 0.05) is 18.6 Å². The SMILES string of the molecule is CCN(CC)C1C[C@H]2[C@@H]3CCC4CC5OC5C[C@]4(C)[C@@H]3CC[C@]2(C)C1CO. The molecule has 3 nitrogen and oxygen atoms in total. The van der Waals surface area contributed by atoms with E-state index in [4.69, 9.17) is 4.74 Å². The largest absolute Gasteiger partial charge is 0.396 e. The van der Waals surface area contributed by atoms with Crippen LogP contribution in [0.1, 0.15) is 72.6 Å². The fourth-order valence-electron chi connectivity index (χ4n) is 9.06. The predicted octanol–water partition coefficient (Wildman–Crippen LogP) is 4.34. The van der Waals surface area contributed by atoms with Crippen molar-refractivity contribution in [3.05, 3.63) is 0 Å². The highest BCUT2D eigenvalue weighted by molar-refractivity contribution is 5.14. The number of aliphatic hydroxyl groups excluding tert-OH is 1. The highest BCUT2D eigenvalue weighted by Gasteiger charge is 2.65. The smallest absolute Gasteiger partial charge is 0.0847 e. The number of aliphatic hydroxyl groups is 1. The minimum Gasteiger partial charge on any atom is -0.396 e. The van der Waals surface area contributed by atoms with Gasteiger partial charge in [-0.1, -0.05) is 27.7 Å². The van der Waals surface area contributed by atoms with Gasteiger partial charge in [-0.25, -0.2) is 0 Å². The Bertz CT molecular complexity index is 577. The second kappa shape index (κ2) is 6.44. The van der Waals surface area contributed by atoms with Gasteiger partial charge in [-0.2, -0.15) is 0 Å². The Kier molecular flexibility index (Phi) is 4.50. The van der Waals surface area contributed by atoms with E-state index in [0.717, 1.165) is 36.8 Å². The van der Waals surface area contributed by atoms with E-state index in [9.17, 15) is 5.11 Å².